The van der Waals surface area contributed by atoms with Crippen molar-refractivity contribution in [3.63, 3.8) is 0 Å². The van der Waals surface area contributed by atoms with Crippen LogP contribution in [-0.4, -0.2) is 0 Å². The highest BCUT2D eigenvalue weighted by Gasteiger charge is 2.12. The summed E-state index contributed by atoms with van der Waals surface area (Å²) in [5.41, 5.74) is 0. The van der Waals surface area contributed by atoms with E-state index in [4.69, 9.17) is 0 Å². The Morgan fingerprint density at radius 2 is 2.18 bits per heavy atom. The first-order chi connectivity index (χ1) is 5.43. The van der Waals surface area contributed by atoms with E-state index in [0.717, 1.165) is 5.92 Å². The molecule has 0 N–H and O–H groups in total. The van der Waals surface area contributed by atoms with Gasteiger partial charge in [-0.25, -0.2) is 0 Å². The molecule has 0 aliphatic heterocycles. The van der Waals surface area contributed by atoms with E-state index in [1.807, 2.05) is 0 Å². The summed E-state index contributed by atoms with van der Waals surface area (Å²) in [7, 11) is 0. The molecule has 0 aromatic carbocycles. The fraction of sp³-hybridized carbons (Fsp3) is 0.909. The third kappa shape index (κ3) is 3.79. The molecule has 1 unspecified atom stereocenters. The van der Waals surface area contributed by atoms with Crippen LogP contribution in [0.15, 0.2) is 0 Å². The third-order valence-corrected chi connectivity index (χ3v) is 2.71. The molecule has 1 aliphatic carbocycles. The molecule has 1 rings (SSSR count). The van der Waals surface area contributed by atoms with Crippen LogP contribution in [0.1, 0.15) is 58.3 Å². The maximum Gasteiger partial charge on any atom is -0.0355 e. The predicted molar refractivity (Wildman–Crippen MR) is 50.4 cm³/mol. The first-order valence-corrected chi connectivity index (χ1v) is 5.27. The number of hydrogen-bond donors (Lipinski definition) is 0. The van der Waals surface area contributed by atoms with Gasteiger partial charge < -0.3 is 0 Å². The van der Waals surface area contributed by atoms with Crippen LogP contribution in [0.2, 0.25) is 0 Å². The van der Waals surface area contributed by atoms with E-state index in [2.05, 4.69) is 13.3 Å². The van der Waals surface area contributed by atoms with Crippen LogP contribution in [0.25, 0.3) is 0 Å². The zero-order valence-corrected chi connectivity index (χ0v) is 7.81. The van der Waals surface area contributed by atoms with Crippen LogP contribution < -0.4 is 0 Å². The van der Waals surface area contributed by atoms with Gasteiger partial charge in [0.15, 0.2) is 0 Å². The number of unbranched alkanes of at least 4 members (excludes halogenated alkanes) is 2. The van der Waals surface area contributed by atoms with Crippen molar-refractivity contribution in [1.29, 1.82) is 0 Å². The molecule has 0 saturated heterocycles. The molecule has 1 aliphatic rings. The van der Waals surface area contributed by atoms with Crippen LogP contribution in [0.3, 0.4) is 0 Å². The second-order valence-corrected chi connectivity index (χ2v) is 3.78. The molecule has 11 heavy (non-hydrogen) atoms. The maximum absolute atomic E-state index is 2.55. The molecule has 0 aromatic heterocycles. The molecule has 1 atom stereocenters. The number of hydrogen-bond acceptors (Lipinski definition) is 0. The van der Waals surface area contributed by atoms with E-state index in [-0.39, 0.29) is 0 Å². The minimum Gasteiger partial charge on any atom is -0.0654 e. The van der Waals surface area contributed by atoms with Gasteiger partial charge in [-0.15, -0.1) is 0 Å². The molecule has 0 bridgehead atoms. The molecule has 65 valence electrons. The fourth-order valence-electron chi connectivity index (χ4n) is 1.94. The minimum atomic E-state index is 0.982. The third-order valence-electron chi connectivity index (χ3n) is 2.71. The van der Waals surface area contributed by atoms with Crippen LogP contribution in [0, 0.1) is 12.3 Å². The first-order valence-electron chi connectivity index (χ1n) is 5.27. The summed E-state index contributed by atoms with van der Waals surface area (Å²) in [5.74, 6) is 0.982. The fourth-order valence-corrected chi connectivity index (χ4v) is 1.94. The monoisotopic (exact) mass is 153 g/mol. The quantitative estimate of drug-likeness (QED) is 0.536. The Labute approximate surface area is 71.4 Å². The molecule has 1 radical (unpaired) electrons. The van der Waals surface area contributed by atoms with E-state index >= 15 is 0 Å². The first kappa shape index (κ1) is 9.09. The van der Waals surface area contributed by atoms with Gasteiger partial charge in [-0.1, -0.05) is 51.9 Å². The van der Waals surface area contributed by atoms with Crippen molar-refractivity contribution >= 4 is 0 Å². The second kappa shape index (κ2) is 5.62. The lowest BCUT2D eigenvalue weighted by Gasteiger charge is -2.20. The zero-order valence-electron chi connectivity index (χ0n) is 7.81. The van der Waals surface area contributed by atoms with E-state index in [9.17, 15) is 0 Å². The summed E-state index contributed by atoms with van der Waals surface area (Å²) in [6.07, 6.45) is 14.1. The minimum absolute atomic E-state index is 0.982. The Kier molecular flexibility index (Phi) is 4.65. The molecule has 0 heterocycles. The highest BCUT2D eigenvalue weighted by Crippen LogP contribution is 2.26. The summed E-state index contributed by atoms with van der Waals surface area (Å²) in [6, 6.07) is 0. The SMILES string of the molecule is CCCCCC1[CH]CCCC1. The molecular weight excluding hydrogens is 132 g/mol. The largest absolute Gasteiger partial charge is 0.0654 e. The lowest BCUT2D eigenvalue weighted by atomic mass is 9.86. The van der Waals surface area contributed by atoms with Gasteiger partial charge in [0.05, 0.1) is 0 Å². The van der Waals surface area contributed by atoms with Gasteiger partial charge in [-0.3, -0.25) is 0 Å². The number of rotatable bonds is 4. The van der Waals surface area contributed by atoms with Gasteiger partial charge in [0.25, 0.3) is 0 Å². The van der Waals surface area contributed by atoms with Crippen molar-refractivity contribution in [1.82, 2.24) is 0 Å². The van der Waals surface area contributed by atoms with Crippen LogP contribution >= 0.6 is 0 Å². The van der Waals surface area contributed by atoms with Crippen LogP contribution in [0.5, 0.6) is 0 Å². The summed E-state index contributed by atoms with van der Waals surface area (Å²) < 4.78 is 0. The molecule has 1 fully saturated rings. The maximum atomic E-state index is 2.55. The summed E-state index contributed by atoms with van der Waals surface area (Å²) in [5, 5.41) is 0. The average Bonchev–Trinajstić information content (AvgIpc) is 2.07. The average molecular weight is 153 g/mol. The van der Waals surface area contributed by atoms with Crippen molar-refractivity contribution in [2.24, 2.45) is 5.92 Å². The Hall–Kier alpha value is 0. The standard InChI is InChI=1S/C11H21/c1-2-3-5-8-11-9-6-4-7-10-11/h9,11H,2-8,10H2,1H3. The van der Waals surface area contributed by atoms with E-state index in [1.54, 1.807) is 0 Å². The predicted octanol–water partition coefficient (Wildman–Crippen LogP) is 3.96. The highest BCUT2D eigenvalue weighted by molar-refractivity contribution is 4.80. The molecule has 0 amide bonds. The highest BCUT2D eigenvalue weighted by atomic mass is 14.2. The molecule has 1 saturated carbocycles. The molecule has 0 aromatic rings. The van der Waals surface area contributed by atoms with E-state index in [1.165, 1.54) is 51.4 Å². The van der Waals surface area contributed by atoms with Crippen LogP contribution in [0.4, 0.5) is 0 Å². The van der Waals surface area contributed by atoms with E-state index < -0.39 is 0 Å². The van der Waals surface area contributed by atoms with Gasteiger partial charge in [0, 0.05) is 0 Å². The summed E-state index contributed by atoms with van der Waals surface area (Å²) in [6.45, 7) is 2.28. The topological polar surface area (TPSA) is 0 Å². The van der Waals surface area contributed by atoms with Crippen LogP contribution in [-0.2, 0) is 0 Å². The van der Waals surface area contributed by atoms with Crippen molar-refractivity contribution in [2.75, 3.05) is 0 Å². The van der Waals surface area contributed by atoms with Crippen molar-refractivity contribution < 1.29 is 0 Å². The second-order valence-electron chi connectivity index (χ2n) is 3.78. The van der Waals surface area contributed by atoms with Gasteiger partial charge in [-0.05, 0) is 18.8 Å². The summed E-state index contributed by atoms with van der Waals surface area (Å²) in [4.78, 5) is 0. The van der Waals surface area contributed by atoms with Crippen molar-refractivity contribution in [3.8, 4) is 0 Å². The summed E-state index contributed by atoms with van der Waals surface area (Å²) >= 11 is 0. The molecule has 0 spiro atoms. The van der Waals surface area contributed by atoms with Gasteiger partial charge in [-0.2, -0.15) is 0 Å². The lowest BCUT2D eigenvalue weighted by Crippen LogP contribution is -2.06. The normalized spacial score (nSPS) is 20.5. The van der Waals surface area contributed by atoms with Gasteiger partial charge in [0.2, 0.25) is 0 Å². The lowest BCUT2D eigenvalue weighted by molar-refractivity contribution is 0.406. The smallest absolute Gasteiger partial charge is 0.0355 e. The Morgan fingerprint density at radius 1 is 1.27 bits per heavy atom. The molecule has 0 nitrogen and oxygen atoms in total. The zero-order chi connectivity index (χ0) is 7.94. The van der Waals surface area contributed by atoms with Crippen molar-refractivity contribution in [2.45, 2.75) is 58.3 Å². The van der Waals surface area contributed by atoms with Gasteiger partial charge >= 0.3 is 0 Å². The molecule has 0 heteroatoms. The molecular formula is C11H21. The van der Waals surface area contributed by atoms with Crippen molar-refractivity contribution in [3.05, 3.63) is 6.42 Å². The van der Waals surface area contributed by atoms with E-state index in [0.29, 0.717) is 0 Å². The Balaban J connectivity index is 1.96. The van der Waals surface area contributed by atoms with Gasteiger partial charge in [0.1, 0.15) is 0 Å². The Morgan fingerprint density at radius 3 is 2.82 bits per heavy atom. The Bertz CT molecular complexity index is 80.0.